The molecule has 1 fully saturated rings. The molecule has 2 aromatic rings. The first kappa shape index (κ1) is 18.2. The number of nitrogens with zero attached hydrogens (tertiary/aromatic N) is 1. The lowest BCUT2D eigenvalue weighted by atomic mass is 10.1. The van der Waals surface area contributed by atoms with Crippen molar-refractivity contribution in [3.63, 3.8) is 0 Å². The summed E-state index contributed by atoms with van der Waals surface area (Å²) in [7, 11) is 0. The van der Waals surface area contributed by atoms with Crippen LogP contribution in [0.2, 0.25) is 5.02 Å². The molecule has 0 aromatic heterocycles. The maximum Gasteiger partial charge on any atom is 0.257 e. The molecule has 0 saturated carbocycles. The van der Waals surface area contributed by atoms with Crippen LogP contribution in [0.4, 0.5) is 10.1 Å². The second-order valence-electron chi connectivity index (χ2n) is 6.07. The number of rotatable bonds is 6. The van der Waals surface area contributed by atoms with Gasteiger partial charge in [-0.3, -0.25) is 9.59 Å². The van der Waals surface area contributed by atoms with Gasteiger partial charge in [0.1, 0.15) is 0 Å². The van der Waals surface area contributed by atoms with Crippen LogP contribution in [0.25, 0.3) is 0 Å². The van der Waals surface area contributed by atoms with Crippen molar-refractivity contribution in [2.75, 3.05) is 24.6 Å². The Morgan fingerprint density at radius 3 is 2.69 bits per heavy atom. The number of carbonyl (C=O) groups is 2. The molecule has 1 heterocycles. The summed E-state index contributed by atoms with van der Waals surface area (Å²) in [6.07, 6.45) is 0.358. The maximum absolute atomic E-state index is 13.4. The zero-order valence-electron chi connectivity index (χ0n) is 14.0. The summed E-state index contributed by atoms with van der Waals surface area (Å²) in [4.78, 5) is 25.7. The minimum Gasteiger partial charge on any atom is -0.481 e. The number of nitrogens with one attached hydrogen (secondary N) is 1. The quantitative estimate of drug-likeness (QED) is 0.843. The summed E-state index contributed by atoms with van der Waals surface area (Å²) in [6, 6.07) is 13.0. The number of anilines is 1. The van der Waals surface area contributed by atoms with Crippen LogP contribution >= 0.6 is 11.6 Å². The predicted molar refractivity (Wildman–Crippen MR) is 96.8 cm³/mol. The molecule has 2 amide bonds. The van der Waals surface area contributed by atoms with E-state index in [2.05, 4.69) is 5.32 Å². The Hall–Kier alpha value is -2.60. The number of para-hydroxylation sites is 1. The van der Waals surface area contributed by atoms with E-state index in [0.717, 1.165) is 5.69 Å². The van der Waals surface area contributed by atoms with Crippen LogP contribution < -0.4 is 15.0 Å². The van der Waals surface area contributed by atoms with Crippen LogP contribution in [0.5, 0.6) is 5.75 Å². The van der Waals surface area contributed by atoms with Crippen molar-refractivity contribution in [2.45, 2.75) is 6.42 Å². The van der Waals surface area contributed by atoms with Gasteiger partial charge in [-0.25, -0.2) is 4.39 Å². The van der Waals surface area contributed by atoms with Crippen LogP contribution in [0, 0.1) is 11.7 Å². The Morgan fingerprint density at radius 1 is 1.23 bits per heavy atom. The average molecular weight is 377 g/mol. The number of hydrogen-bond acceptors (Lipinski definition) is 3. The third-order valence-corrected chi connectivity index (χ3v) is 4.38. The fraction of sp³-hybridized carbons (Fsp3) is 0.263. The Kier molecular flexibility index (Phi) is 5.73. The summed E-state index contributed by atoms with van der Waals surface area (Å²) in [5.41, 5.74) is 0.788. The topological polar surface area (TPSA) is 58.6 Å². The molecule has 1 N–H and O–H groups in total. The molecular formula is C19H18ClFN2O3. The Morgan fingerprint density at radius 2 is 1.96 bits per heavy atom. The molecule has 0 radical (unpaired) electrons. The second-order valence-corrected chi connectivity index (χ2v) is 6.51. The SMILES string of the molecule is O=C(COc1ccccc1F)NC[C@H]1CC(=O)N(c2ccc(Cl)cc2)C1. The molecule has 2 aromatic carbocycles. The molecule has 3 rings (SSSR count). The van der Waals surface area contributed by atoms with Gasteiger partial charge < -0.3 is 15.0 Å². The van der Waals surface area contributed by atoms with Crippen LogP contribution in [-0.2, 0) is 9.59 Å². The molecule has 0 bridgehead atoms. The summed E-state index contributed by atoms with van der Waals surface area (Å²) in [6.45, 7) is 0.604. The van der Waals surface area contributed by atoms with Gasteiger partial charge in [-0.1, -0.05) is 23.7 Å². The number of hydrogen-bond donors (Lipinski definition) is 1. The second kappa shape index (κ2) is 8.19. The van der Waals surface area contributed by atoms with Gasteiger partial charge in [-0.15, -0.1) is 0 Å². The van der Waals surface area contributed by atoms with Crippen LogP contribution in [0.3, 0.4) is 0 Å². The van der Waals surface area contributed by atoms with E-state index < -0.39 is 5.82 Å². The molecule has 7 heteroatoms. The van der Waals surface area contributed by atoms with Crippen molar-refractivity contribution in [1.29, 1.82) is 0 Å². The third kappa shape index (κ3) is 4.52. The first-order chi connectivity index (χ1) is 12.5. The van der Waals surface area contributed by atoms with Crippen molar-refractivity contribution in [1.82, 2.24) is 5.32 Å². The Balaban J connectivity index is 1.46. The highest BCUT2D eigenvalue weighted by molar-refractivity contribution is 6.30. The summed E-state index contributed by atoms with van der Waals surface area (Å²) < 4.78 is 18.6. The van der Waals surface area contributed by atoms with Crippen molar-refractivity contribution in [3.8, 4) is 5.75 Å². The Bertz CT molecular complexity index is 798. The van der Waals surface area contributed by atoms with E-state index in [1.807, 2.05) is 0 Å². The van der Waals surface area contributed by atoms with E-state index >= 15 is 0 Å². The predicted octanol–water partition coefficient (Wildman–Crippen LogP) is 3.03. The zero-order valence-corrected chi connectivity index (χ0v) is 14.7. The van der Waals surface area contributed by atoms with E-state index in [0.29, 0.717) is 24.5 Å². The van der Waals surface area contributed by atoms with Crippen LogP contribution in [0.15, 0.2) is 48.5 Å². The molecule has 1 aliphatic heterocycles. The van der Waals surface area contributed by atoms with Crippen molar-refractivity contribution >= 4 is 29.1 Å². The molecule has 26 heavy (non-hydrogen) atoms. The minimum absolute atomic E-state index is 0.00850. The van der Waals surface area contributed by atoms with Crippen molar-refractivity contribution in [2.24, 2.45) is 5.92 Å². The lowest BCUT2D eigenvalue weighted by molar-refractivity contribution is -0.123. The smallest absolute Gasteiger partial charge is 0.257 e. The van der Waals surface area contributed by atoms with Gasteiger partial charge in [0.15, 0.2) is 18.2 Å². The lowest BCUT2D eigenvalue weighted by Gasteiger charge is -2.17. The molecule has 1 aliphatic rings. The monoisotopic (exact) mass is 376 g/mol. The highest BCUT2D eigenvalue weighted by Crippen LogP contribution is 2.26. The van der Waals surface area contributed by atoms with E-state index in [1.54, 1.807) is 41.3 Å². The zero-order chi connectivity index (χ0) is 18.5. The number of ether oxygens (including phenoxy) is 1. The van der Waals surface area contributed by atoms with Crippen molar-refractivity contribution in [3.05, 3.63) is 59.4 Å². The minimum atomic E-state index is -0.514. The number of halogens is 2. The molecule has 0 spiro atoms. The Labute approximate surface area is 155 Å². The molecule has 5 nitrogen and oxygen atoms in total. The third-order valence-electron chi connectivity index (χ3n) is 4.13. The van der Waals surface area contributed by atoms with Gasteiger partial charge in [0.25, 0.3) is 5.91 Å². The lowest BCUT2D eigenvalue weighted by Crippen LogP contribution is -2.34. The summed E-state index contributed by atoms with van der Waals surface area (Å²) in [5.74, 6) is -0.816. The first-order valence-corrected chi connectivity index (χ1v) is 8.60. The van der Waals surface area contributed by atoms with Gasteiger partial charge in [-0.05, 0) is 36.4 Å². The van der Waals surface area contributed by atoms with Crippen molar-refractivity contribution < 1.29 is 18.7 Å². The molecular weight excluding hydrogens is 359 g/mol. The molecule has 0 aliphatic carbocycles. The molecule has 1 saturated heterocycles. The van der Waals surface area contributed by atoms with E-state index in [1.165, 1.54) is 12.1 Å². The standard InChI is InChI=1S/C19H18ClFN2O3/c20-14-5-7-15(8-6-14)23-11-13(9-19(23)25)10-22-18(24)12-26-17-4-2-1-3-16(17)21/h1-8,13H,9-12H2,(H,22,24)/t13-/m1/s1. The fourth-order valence-electron chi connectivity index (χ4n) is 2.80. The van der Waals surface area contributed by atoms with Gasteiger partial charge in [-0.2, -0.15) is 0 Å². The number of benzene rings is 2. The highest BCUT2D eigenvalue weighted by Gasteiger charge is 2.30. The van der Waals surface area contributed by atoms with Crippen LogP contribution in [0.1, 0.15) is 6.42 Å². The maximum atomic E-state index is 13.4. The highest BCUT2D eigenvalue weighted by atomic mass is 35.5. The normalized spacial score (nSPS) is 16.6. The van der Waals surface area contributed by atoms with Crippen LogP contribution in [-0.4, -0.2) is 31.5 Å². The van der Waals surface area contributed by atoms with Gasteiger partial charge in [0.2, 0.25) is 5.91 Å². The molecule has 1 atom stereocenters. The molecule has 0 unspecified atom stereocenters. The van der Waals surface area contributed by atoms with E-state index in [9.17, 15) is 14.0 Å². The van der Waals surface area contributed by atoms with Gasteiger partial charge in [0, 0.05) is 36.1 Å². The van der Waals surface area contributed by atoms with Gasteiger partial charge in [0.05, 0.1) is 0 Å². The largest absolute Gasteiger partial charge is 0.481 e. The first-order valence-electron chi connectivity index (χ1n) is 8.23. The molecule has 136 valence electrons. The number of amides is 2. The van der Waals surface area contributed by atoms with E-state index in [-0.39, 0.29) is 30.1 Å². The summed E-state index contributed by atoms with van der Waals surface area (Å²) in [5, 5.41) is 3.34. The van der Waals surface area contributed by atoms with Gasteiger partial charge >= 0.3 is 0 Å². The average Bonchev–Trinajstić information content (AvgIpc) is 3.01. The fourth-order valence-corrected chi connectivity index (χ4v) is 2.93. The number of carbonyl (C=O) groups excluding carboxylic acids is 2. The van der Waals surface area contributed by atoms with E-state index in [4.69, 9.17) is 16.3 Å². The summed E-state index contributed by atoms with van der Waals surface area (Å²) >= 11 is 5.87.